The van der Waals surface area contributed by atoms with Crippen molar-refractivity contribution in [3.05, 3.63) is 97.2 Å². The first-order valence-corrected chi connectivity index (χ1v) is 27.2. The number of carbonyl (C=O) groups excluding carboxylic acids is 3. The van der Waals surface area contributed by atoms with Crippen LogP contribution in [0.5, 0.6) is 0 Å². The second-order valence-electron chi connectivity index (χ2n) is 17.8. The third kappa shape index (κ3) is 51.3. The molecule has 66 heavy (non-hydrogen) atoms. The Labute approximate surface area is 407 Å². The Bertz CT molecular complexity index is 1330. The highest BCUT2D eigenvalue weighted by Crippen LogP contribution is 2.14. The Kier molecular flexibility index (Phi) is 50.9. The highest BCUT2D eigenvalue weighted by atomic mass is 16.6. The van der Waals surface area contributed by atoms with Gasteiger partial charge in [0.25, 0.3) is 0 Å². The van der Waals surface area contributed by atoms with E-state index in [1.54, 1.807) is 0 Å². The van der Waals surface area contributed by atoms with Gasteiger partial charge in [0.1, 0.15) is 13.2 Å². The molecule has 1 atom stereocenters. The first-order valence-electron chi connectivity index (χ1n) is 27.2. The lowest BCUT2D eigenvalue weighted by molar-refractivity contribution is -0.167. The third-order valence-corrected chi connectivity index (χ3v) is 11.3. The molecule has 376 valence electrons. The molecule has 0 aliphatic carbocycles. The standard InChI is InChI=1S/C60H100O6/c1-4-7-10-13-16-18-20-21-22-23-24-25-26-27-28-29-30-31-32-33-34-35-36-37-38-39-40-42-44-47-50-53-59(62)65-56-57(55-64-58(61)52-49-46-43-15-12-9-6-3)66-60(63)54-51-48-45-41-19-17-14-11-8-5-2/h7,10-11,14,16,18,21-22,24-25,27-28,30-31,33-34,57H,4-6,8-9,12-13,15,17,19-20,23,26,29,32,35-56H2,1-3H3/b10-7-,14-11-,18-16-,22-21-,25-24-,28-27-,31-30-,34-33-. The van der Waals surface area contributed by atoms with Gasteiger partial charge in [0.05, 0.1) is 0 Å². The van der Waals surface area contributed by atoms with Crippen molar-refractivity contribution in [1.29, 1.82) is 0 Å². The largest absolute Gasteiger partial charge is 0.462 e. The van der Waals surface area contributed by atoms with Crippen LogP contribution in [0.4, 0.5) is 0 Å². The normalized spacial score (nSPS) is 12.8. The maximum Gasteiger partial charge on any atom is 0.306 e. The van der Waals surface area contributed by atoms with E-state index in [1.165, 1.54) is 77.0 Å². The van der Waals surface area contributed by atoms with Crippen molar-refractivity contribution < 1.29 is 28.6 Å². The van der Waals surface area contributed by atoms with Crippen molar-refractivity contribution in [2.45, 2.75) is 252 Å². The molecule has 0 spiro atoms. The van der Waals surface area contributed by atoms with Gasteiger partial charge in [0.15, 0.2) is 6.10 Å². The van der Waals surface area contributed by atoms with E-state index in [4.69, 9.17) is 14.2 Å². The summed E-state index contributed by atoms with van der Waals surface area (Å²) in [5.41, 5.74) is 0. The van der Waals surface area contributed by atoms with E-state index in [9.17, 15) is 14.4 Å². The summed E-state index contributed by atoms with van der Waals surface area (Å²) >= 11 is 0. The molecule has 0 aliphatic heterocycles. The average Bonchev–Trinajstić information content (AvgIpc) is 3.31. The zero-order chi connectivity index (χ0) is 47.9. The van der Waals surface area contributed by atoms with E-state index in [1.807, 2.05) is 0 Å². The van der Waals surface area contributed by atoms with Crippen LogP contribution in [0.25, 0.3) is 0 Å². The topological polar surface area (TPSA) is 78.9 Å². The number of rotatable bonds is 48. The summed E-state index contributed by atoms with van der Waals surface area (Å²) in [5, 5.41) is 0. The zero-order valence-electron chi connectivity index (χ0n) is 42.9. The van der Waals surface area contributed by atoms with Gasteiger partial charge in [-0.2, -0.15) is 0 Å². The number of carbonyl (C=O) groups is 3. The second kappa shape index (κ2) is 53.9. The molecule has 0 saturated heterocycles. The number of hydrogen-bond acceptors (Lipinski definition) is 6. The molecule has 6 nitrogen and oxygen atoms in total. The van der Waals surface area contributed by atoms with Gasteiger partial charge >= 0.3 is 17.9 Å². The average molecular weight is 917 g/mol. The molecule has 0 aliphatic rings. The molecule has 0 aromatic heterocycles. The molecule has 0 bridgehead atoms. The van der Waals surface area contributed by atoms with Gasteiger partial charge in [-0.1, -0.05) is 227 Å². The monoisotopic (exact) mass is 917 g/mol. The van der Waals surface area contributed by atoms with Crippen LogP contribution in [0, 0.1) is 0 Å². The van der Waals surface area contributed by atoms with E-state index >= 15 is 0 Å². The molecule has 0 fully saturated rings. The van der Waals surface area contributed by atoms with Crippen LogP contribution in [0.3, 0.4) is 0 Å². The summed E-state index contributed by atoms with van der Waals surface area (Å²) in [4.78, 5) is 37.7. The first kappa shape index (κ1) is 62.3. The summed E-state index contributed by atoms with van der Waals surface area (Å²) in [6.45, 7) is 6.40. The fourth-order valence-electron chi connectivity index (χ4n) is 7.25. The van der Waals surface area contributed by atoms with Crippen LogP contribution in [0.15, 0.2) is 97.2 Å². The van der Waals surface area contributed by atoms with Crippen molar-refractivity contribution in [1.82, 2.24) is 0 Å². The molecule has 0 radical (unpaired) electrons. The number of ether oxygens (including phenoxy) is 3. The van der Waals surface area contributed by atoms with Crippen molar-refractivity contribution in [3.8, 4) is 0 Å². The number of esters is 3. The molecule has 6 heteroatoms. The lowest BCUT2D eigenvalue weighted by Gasteiger charge is -2.18. The molecule has 0 aromatic carbocycles. The van der Waals surface area contributed by atoms with Crippen molar-refractivity contribution >= 4 is 17.9 Å². The van der Waals surface area contributed by atoms with Crippen LogP contribution < -0.4 is 0 Å². The van der Waals surface area contributed by atoms with Crippen LogP contribution in [0.1, 0.15) is 245 Å². The predicted molar refractivity (Wildman–Crippen MR) is 284 cm³/mol. The molecule has 0 aromatic rings. The van der Waals surface area contributed by atoms with Gasteiger partial charge in [-0.25, -0.2) is 0 Å². The maximum absolute atomic E-state index is 12.7. The Hall–Kier alpha value is -3.67. The minimum Gasteiger partial charge on any atom is -0.462 e. The van der Waals surface area contributed by atoms with Gasteiger partial charge in [-0.3, -0.25) is 14.4 Å². The van der Waals surface area contributed by atoms with Crippen molar-refractivity contribution in [2.24, 2.45) is 0 Å². The van der Waals surface area contributed by atoms with Gasteiger partial charge in [-0.05, 0) is 96.3 Å². The first-order chi connectivity index (χ1) is 32.5. The highest BCUT2D eigenvalue weighted by Gasteiger charge is 2.19. The summed E-state index contributed by atoms with van der Waals surface area (Å²) in [5.74, 6) is -0.909. The highest BCUT2D eigenvalue weighted by molar-refractivity contribution is 5.71. The Morgan fingerprint density at radius 1 is 0.318 bits per heavy atom. The molecule has 0 saturated carbocycles. The number of hydrogen-bond donors (Lipinski definition) is 0. The van der Waals surface area contributed by atoms with Crippen LogP contribution in [-0.2, 0) is 28.6 Å². The van der Waals surface area contributed by atoms with Gasteiger partial charge < -0.3 is 14.2 Å². The molecule has 1 unspecified atom stereocenters. The van der Waals surface area contributed by atoms with E-state index < -0.39 is 6.10 Å². The van der Waals surface area contributed by atoms with Gasteiger partial charge in [0, 0.05) is 19.3 Å². The molecule has 0 amide bonds. The minimum atomic E-state index is -0.779. The second-order valence-corrected chi connectivity index (χ2v) is 17.8. The van der Waals surface area contributed by atoms with E-state index in [2.05, 4.69) is 118 Å². The molecular weight excluding hydrogens is 817 g/mol. The fraction of sp³-hybridized carbons (Fsp3) is 0.683. The van der Waals surface area contributed by atoms with Gasteiger partial charge in [-0.15, -0.1) is 0 Å². The maximum atomic E-state index is 12.7. The molecule has 0 N–H and O–H groups in total. The minimum absolute atomic E-state index is 0.0817. The number of unbranched alkanes of at least 4 members (excludes halogenated alkanes) is 21. The van der Waals surface area contributed by atoms with E-state index in [0.717, 1.165) is 128 Å². The Balaban J connectivity index is 4.08. The number of allylic oxidation sites excluding steroid dienone is 16. The Morgan fingerprint density at radius 2 is 0.621 bits per heavy atom. The Morgan fingerprint density at radius 3 is 1.00 bits per heavy atom. The summed E-state index contributed by atoms with van der Waals surface area (Å²) in [6, 6.07) is 0. The fourth-order valence-corrected chi connectivity index (χ4v) is 7.25. The molecular formula is C60H100O6. The van der Waals surface area contributed by atoms with Gasteiger partial charge in [0.2, 0.25) is 0 Å². The molecule has 0 heterocycles. The summed E-state index contributed by atoms with van der Waals surface area (Å²) in [6.07, 6.45) is 71.4. The van der Waals surface area contributed by atoms with E-state index in [-0.39, 0.29) is 31.1 Å². The summed E-state index contributed by atoms with van der Waals surface area (Å²) in [7, 11) is 0. The van der Waals surface area contributed by atoms with Crippen LogP contribution in [0.2, 0.25) is 0 Å². The SMILES string of the molecule is CC/C=C\C/C=C\C/C=C\C/C=C\C/C=C\C/C=C\C/C=C\CCCCCCCCCCCC(=O)OCC(COC(=O)CCCCCCCCC)OC(=O)CCCCCCC/C=C\CCC. The zero-order valence-corrected chi connectivity index (χ0v) is 42.9. The van der Waals surface area contributed by atoms with Crippen molar-refractivity contribution in [2.75, 3.05) is 13.2 Å². The van der Waals surface area contributed by atoms with E-state index in [0.29, 0.717) is 19.3 Å². The molecule has 0 rings (SSSR count). The third-order valence-electron chi connectivity index (χ3n) is 11.3. The van der Waals surface area contributed by atoms with Crippen LogP contribution in [-0.4, -0.2) is 37.2 Å². The van der Waals surface area contributed by atoms with Crippen LogP contribution >= 0.6 is 0 Å². The summed E-state index contributed by atoms with van der Waals surface area (Å²) < 4.78 is 16.7. The van der Waals surface area contributed by atoms with Crippen molar-refractivity contribution in [3.63, 3.8) is 0 Å². The quantitative estimate of drug-likeness (QED) is 0.0262. The lowest BCUT2D eigenvalue weighted by Crippen LogP contribution is -2.30. The smallest absolute Gasteiger partial charge is 0.306 e. The lowest BCUT2D eigenvalue weighted by atomic mass is 10.1. The predicted octanol–water partition coefficient (Wildman–Crippen LogP) is 18.1.